The SMILES string of the molecule is O=C(O)c1csc(C(=O)Nc2ccc(Cl)c(Cl)c2)n1. The third-order valence-corrected chi connectivity index (χ3v) is 3.68. The Labute approximate surface area is 121 Å². The van der Waals surface area contributed by atoms with Crippen molar-refractivity contribution >= 4 is 52.1 Å². The molecule has 0 spiro atoms. The van der Waals surface area contributed by atoms with Crippen LogP contribution in [-0.4, -0.2) is 22.0 Å². The average molecular weight is 317 g/mol. The van der Waals surface area contributed by atoms with Crippen LogP contribution in [0.5, 0.6) is 0 Å². The number of carboxylic acids is 1. The molecule has 1 aromatic carbocycles. The van der Waals surface area contributed by atoms with Crippen LogP contribution in [-0.2, 0) is 0 Å². The smallest absolute Gasteiger partial charge is 0.355 e. The molecule has 5 nitrogen and oxygen atoms in total. The Morgan fingerprint density at radius 1 is 1.26 bits per heavy atom. The third-order valence-electron chi connectivity index (χ3n) is 2.10. The van der Waals surface area contributed by atoms with Gasteiger partial charge in [0.25, 0.3) is 5.91 Å². The number of amides is 1. The van der Waals surface area contributed by atoms with Gasteiger partial charge in [0.1, 0.15) is 0 Å². The fourth-order valence-corrected chi connectivity index (χ4v) is 2.22. The quantitative estimate of drug-likeness (QED) is 0.909. The summed E-state index contributed by atoms with van der Waals surface area (Å²) in [5.74, 6) is -1.68. The second-order valence-electron chi connectivity index (χ2n) is 3.43. The van der Waals surface area contributed by atoms with E-state index < -0.39 is 11.9 Å². The van der Waals surface area contributed by atoms with Crippen LogP contribution in [0.1, 0.15) is 20.3 Å². The van der Waals surface area contributed by atoms with Crippen molar-refractivity contribution in [1.82, 2.24) is 4.98 Å². The molecular weight excluding hydrogens is 311 g/mol. The van der Waals surface area contributed by atoms with Gasteiger partial charge < -0.3 is 10.4 Å². The van der Waals surface area contributed by atoms with Crippen LogP contribution in [0.3, 0.4) is 0 Å². The second kappa shape index (κ2) is 5.56. The van der Waals surface area contributed by atoms with Crippen molar-refractivity contribution < 1.29 is 14.7 Å². The number of aromatic carboxylic acids is 1. The Balaban J connectivity index is 2.15. The van der Waals surface area contributed by atoms with Crippen molar-refractivity contribution in [2.45, 2.75) is 0 Å². The van der Waals surface area contributed by atoms with Gasteiger partial charge in [-0.15, -0.1) is 11.3 Å². The molecule has 2 aromatic rings. The third kappa shape index (κ3) is 3.23. The van der Waals surface area contributed by atoms with E-state index in [-0.39, 0.29) is 10.7 Å². The lowest BCUT2D eigenvalue weighted by atomic mass is 10.3. The number of carbonyl (C=O) groups excluding carboxylic acids is 1. The molecule has 0 aliphatic carbocycles. The molecule has 1 aromatic heterocycles. The van der Waals surface area contributed by atoms with Crippen LogP contribution < -0.4 is 5.32 Å². The van der Waals surface area contributed by atoms with Gasteiger partial charge in [-0.2, -0.15) is 0 Å². The fraction of sp³-hybridized carbons (Fsp3) is 0. The van der Waals surface area contributed by atoms with Gasteiger partial charge in [-0.1, -0.05) is 23.2 Å². The maximum atomic E-state index is 11.8. The number of carbonyl (C=O) groups is 2. The van der Waals surface area contributed by atoms with E-state index in [2.05, 4.69) is 10.3 Å². The maximum Gasteiger partial charge on any atom is 0.355 e. The summed E-state index contributed by atoms with van der Waals surface area (Å²) in [5, 5.41) is 13.3. The number of benzene rings is 1. The second-order valence-corrected chi connectivity index (χ2v) is 5.10. The molecule has 2 rings (SSSR count). The van der Waals surface area contributed by atoms with Crippen molar-refractivity contribution in [3.05, 3.63) is 44.3 Å². The van der Waals surface area contributed by atoms with Gasteiger partial charge >= 0.3 is 5.97 Å². The molecule has 0 aliphatic rings. The highest BCUT2D eigenvalue weighted by molar-refractivity contribution is 7.12. The zero-order valence-corrected chi connectivity index (χ0v) is 11.5. The lowest BCUT2D eigenvalue weighted by Gasteiger charge is -2.04. The van der Waals surface area contributed by atoms with Crippen molar-refractivity contribution in [3.63, 3.8) is 0 Å². The molecule has 0 saturated heterocycles. The van der Waals surface area contributed by atoms with Crippen molar-refractivity contribution in [3.8, 4) is 0 Å². The number of nitrogens with one attached hydrogen (secondary N) is 1. The highest BCUT2D eigenvalue weighted by atomic mass is 35.5. The van der Waals surface area contributed by atoms with E-state index in [1.807, 2.05) is 0 Å². The fourth-order valence-electron chi connectivity index (χ4n) is 1.23. The van der Waals surface area contributed by atoms with E-state index in [0.717, 1.165) is 11.3 Å². The predicted octanol–water partition coefficient (Wildman–Crippen LogP) is 3.40. The van der Waals surface area contributed by atoms with E-state index in [1.54, 1.807) is 12.1 Å². The Morgan fingerprint density at radius 2 is 2.00 bits per heavy atom. The lowest BCUT2D eigenvalue weighted by molar-refractivity contribution is 0.0691. The molecule has 0 radical (unpaired) electrons. The number of hydrogen-bond donors (Lipinski definition) is 2. The summed E-state index contributed by atoms with van der Waals surface area (Å²) in [6.45, 7) is 0. The molecule has 19 heavy (non-hydrogen) atoms. The van der Waals surface area contributed by atoms with E-state index in [0.29, 0.717) is 15.7 Å². The van der Waals surface area contributed by atoms with Crippen LogP contribution in [0.15, 0.2) is 23.6 Å². The van der Waals surface area contributed by atoms with Crippen molar-refractivity contribution in [2.24, 2.45) is 0 Å². The van der Waals surface area contributed by atoms with E-state index in [9.17, 15) is 9.59 Å². The topological polar surface area (TPSA) is 79.3 Å². The largest absolute Gasteiger partial charge is 0.476 e. The van der Waals surface area contributed by atoms with Gasteiger partial charge in [0.2, 0.25) is 0 Å². The number of anilines is 1. The Hall–Kier alpha value is -1.63. The first kappa shape index (κ1) is 13.8. The molecule has 0 aliphatic heterocycles. The molecule has 0 fully saturated rings. The number of aromatic nitrogens is 1. The van der Waals surface area contributed by atoms with E-state index in [4.69, 9.17) is 28.3 Å². The number of rotatable bonds is 3. The molecular formula is C11H6Cl2N2O3S. The molecule has 2 N–H and O–H groups in total. The standard InChI is InChI=1S/C11H6Cl2N2O3S/c12-6-2-1-5(3-7(6)13)14-9(16)10-15-8(4-19-10)11(17)18/h1-4H,(H,14,16)(H,17,18). The summed E-state index contributed by atoms with van der Waals surface area (Å²) in [5.41, 5.74) is 0.288. The van der Waals surface area contributed by atoms with E-state index >= 15 is 0 Å². The van der Waals surface area contributed by atoms with Gasteiger partial charge in [-0.3, -0.25) is 4.79 Å². The minimum Gasteiger partial charge on any atom is -0.476 e. The van der Waals surface area contributed by atoms with Gasteiger partial charge in [-0.25, -0.2) is 9.78 Å². The molecule has 0 unspecified atom stereocenters. The summed E-state index contributed by atoms with van der Waals surface area (Å²) >= 11 is 12.5. The number of thiazole rings is 1. The zero-order chi connectivity index (χ0) is 14.0. The van der Waals surface area contributed by atoms with Crippen molar-refractivity contribution in [2.75, 3.05) is 5.32 Å². The summed E-state index contributed by atoms with van der Waals surface area (Å²) in [6.07, 6.45) is 0. The molecule has 1 amide bonds. The molecule has 1 heterocycles. The van der Waals surface area contributed by atoms with Crippen LogP contribution in [0.2, 0.25) is 10.0 Å². The normalized spacial score (nSPS) is 10.2. The summed E-state index contributed by atoms with van der Waals surface area (Å²) in [7, 11) is 0. The zero-order valence-electron chi connectivity index (χ0n) is 9.18. The van der Waals surface area contributed by atoms with Crippen molar-refractivity contribution in [1.29, 1.82) is 0 Å². The van der Waals surface area contributed by atoms with Crippen LogP contribution in [0, 0.1) is 0 Å². The summed E-state index contributed by atoms with van der Waals surface area (Å²) in [4.78, 5) is 26.2. The lowest BCUT2D eigenvalue weighted by Crippen LogP contribution is -2.12. The maximum absolute atomic E-state index is 11.8. The first-order chi connectivity index (χ1) is 8.97. The molecule has 8 heteroatoms. The van der Waals surface area contributed by atoms with Gasteiger partial charge in [0, 0.05) is 11.1 Å². The monoisotopic (exact) mass is 316 g/mol. The minimum absolute atomic E-state index is 0.0588. The van der Waals surface area contributed by atoms with Gasteiger partial charge in [0.15, 0.2) is 10.7 Å². The first-order valence-corrected chi connectivity index (χ1v) is 6.56. The Bertz CT molecular complexity index is 657. The Morgan fingerprint density at radius 3 is 2.58 bits per heavy atom. The van der Waals surface area contributed by atoms with Crippen LogP contribution in [0.25, 0.3) is 0 Å². The molecule has 0 saturated carbocycles. The van der Waals surface area contributed by atoms with Crippen LogP contribution >= 0.6 is 34.5 Å². The summed E-state index contributed by atoms with van der Waals surface area (Å²) < 4.78 is 0. The van der Waals surface area contributed by atoms with Gasteiger partial charge in [-0.05, 0) is 18.2 Å². The van der Waals surface area contributed by atoms with E-state index in [1.165, 1.54) is 11.4 Å². The molecule has 0 bridgehead atoms. The number of nitrogens with zero attached hydrogens (tertiary/aromatic N) is 1. The van der Waals surface area contributed by atoms with Gasteiger partial charge in [0.05, 0.1) is 10.0 Å². The highest BCUT2D eigenvalue weighted by Gasteiger charge is 2.15. The Kier molecular flexibility index (Phi) is 4.04. The average Bonchev–Trinajstić information content (AvgIpc) is 2.83. The minimum atomic E-state index is -1.18. The number of carboxylic acid groups (broad SMARTS) is 1. The number of hydrogen-bond acceptors (Lipinski definition) is 4. The van der Waals surface area contributed by atoms with Crippen LogP contribution in [0.4, 0.5) is 5.69 Å². The predicted molar refractivity (Wildman–Crippen MR) is 73.5 cm³/mol. The molecule has 0 atom stereocenters. The first-order valence-electron chi connectivity index (χ1n) is 4.92. The molecule has 98 valence electrons. The highest BCUT2D eigenvalue weighted by Crippen LogP contribution is 2.25. The number of halogens is 2. The summed E-state index contributed by atoms with van der Waals surface area (Å²) in [6, 6.07) is 4.62.